The third kappa shape index (κ3) is 2.79. The first-order valence-electron chi connectivity index (χ1n) is 5.15. The molecule has 2 rings (SSSR count). The maximum absolute atomic E-state index is 5.65. The highest BCUT2D eigenvalue weighted by molar-refractivity contribution is 4.91. The lowest BCUT2D eigenvalue weighted by Gasteiger charge is -2.30. The smallest absolute Gasteiger partial charge is 0.0826 e. The Kier molecular flexibility index (Phi) is 3.35. The topological polar surface area (TPSA) is 24.5 Å². The SMILES string of the molecule is C1=CCN(CC2CNCCO2)CC1. The maximum atomic E-state index is 5.65. The Bertz CT molecular complexity index is 176. The van der Waals surface area contributed by atoms with E-state index >= 15 is 0 Å². The van der Waals surface area contributed by atoms with Crippen molar-refractivity contribution in [2.75, 3.05) is 39.3 Å². The second kappa shape index (κ2) is 4.74. The van der Waals surface area contributed by atoms with E-state index in [1.165, 1.54) is 13.0 Å². The first-order chi connectivity index (χ1) is 6.45. The fourth-order valence-electron chi connectivity index (χ4n) is 1.88. The molecule has 0 aliphatic carbocycles. The molecule has 1 N–H and O–H groups in total. The number of hydrogen-bond donors (Lipinski definition) is 1. The van der Waals surface area contributed by atoms with Crippen molar-refractivity contribution in [3.8, 4) is 0 Å². The number of ether oxygens (including phenoxy) is 1. The second-order valence-electron chi connectivity index (χ2n) is 3.72. The first-order valence-corrected chi connectivity index (χ1v) is 5.15. The molecule has 0 aromatic heterocycles. The predicted octanol–water partition coefficient (Wildman–Crippen LogP) is 0.237. The molecular formula is C10H18N2O. The van der Waals surface area contributed by atoms with Crippen LogP contribution >= 0.6 is 0 Å². The van der Waals surface area contributed by atoms with E-state index < -0.39 is 0 Å². The van der Waals surface area contributed by atoms with Gasteiger partial charge in [0, 0.05) is 32.7 Å². The minimum absolute atomic E-state index is 0.403. The summed E-state index contributed by atoms with van der Waals surface area (Å²) >= 11 is 0. The van der Waals surface area contributed by atoms with E-state index in [1.807, 2.05) is 0 Å². The van der Waals surface area contributed by atoms with Crippen LogP contribution in [0.2, 0.25) is 0 Å². The van der Waals surface area contributed by atoms with E-state index in [0.717, 1.165) is 32.8 Å². The van der Waals surface area contributed by atoms with Crippen LogP contribution in [0.1, 0.15) is 6.42 Å². The molecule has 0 amide bonds. The fraction of sp³-hybridized carbons (Fsp3) is 0.800. The highest BCUT2D eigenvalue weighted by atomic mass is 16.5. The van der Waals surface area contributed by atoms with Gasteiger partial charge < -0.3 is 10.1 Å². The fourth-order valence-corrected chi connectivity index (χ4v) is 1.88. The molecule has 2 aliphatic rings. The monoisotopic (exact) mass is 182 g/mol. The summed E-state index contributed by atoms with van der Waals surface area (Å²) in [5, 5.41) is 3.35. The van der Waals surface area contributed by atoms with Gasteiger partial charge in [-0.1, -0.05) is 12.2 Å². The molecule has 13 heavy (non-hydrogen) atoms. The van der Waals surface area contributed by atoms with Crippen LogP contribution in [-0.2, 0) is 4.74 Å². The molecule has 2 heterocycles. The summed E-state index contributed by atoms with van der Waals surface area (Å²) in [6, 6.07) is 0. The van der Waals surface area contributed by atoms with Gasteiger partial charge in [-0.2, -0.15) is 0 Å². The Hall–Kier alpha value is -0.380. The number of rotatable bonds is 2. The van der Waals surface area contributed by atoms with Gasteiger partial charge in [0.05, 0.1) is 12.7 Å². The Balaban J connectivity index is 1.72. The molecule has 0 spiro atoms. The van der Waals surface area contributed by atoms with Gasteiger partial charge in [0.2, 0.25) is 0 Å². The molecule has 0 aromatic carbocycles. The minimum Gasteiger partial charge on any atom is -0.374 e. The molecule has 0 bridgehead atoms. The lowest BCUT2D eigenvalue weighted by atomic mass is 10.2. The van der Waals surface area contributed by atoms with Crippen molar-refractivity contribution >= 4 is 0 Å². The molecule has 3 heteroatoms. The summed E-state index contributed by atoms with van der Waals surface area (Å²) in [6.07, 6.45) is 6.11. The number of nitrogens with zero attached hydrogens (tertiary/aromatic N) is 1. The lowest BCUT2D eigenvalue weighted by Crippen LogP contribution is -2.45. The van der Waals surface area contributed by atoms with Crippen LogP contribution in [-0.4, -0.2) is 50.3 Å². The van der Waals surface area contributed by atoms with Crippen molar-refractivity contribution in [3.63, 3.8) is 0 Å². The lowest BCUT2D eigenvalue weighted by molar-refractivity contribution is 0.00723. The highest BCUT2D eigenvalue weighted by Gasteiger charge is 2.17. The van der Waals surface area contributed by atoms with Crippen LogP contribution in [0.4, 0.5) is 0 Å². The van der Waals surface area contributed by atoms with Gasteiger partial charge in [0.15, 0.2) is 0 Å². The molecular weight excluding hydrogens is 164 g/mol. The number of morpholine rings is 1. The minimum atomic E-state index is 0.403. The summed E-state index contributed by atoms with van der Waals surface area (Å²) in [4.78, 5) is 2.46. The van der Waals surface area contributed by atoms with Crippen LogP contribution < -0.4 is 5.32 Å². The molecule has 74 valence electrons. The van der Waals surface area contributed by atoms with Crippen LogP contribution in [0.15, 0.2) is 12.2 Å². The van der Waals surface area contributed by atoms with Crippen molar-refractivity contribution in [1.82, 2.24) is 10.2 Å². The molecule has 1 unspecified atom stereocenters. The average molecular weight is 182 g/mol. The van der Waals surface area contributed by atoms with Crippen LogP contribution in [0, 0.1) is 0 Å². The zero-order valence-corrected chi connectivity index (χ0v) is 8.04. The van der Waals surface area contributed by atoms with Gasteiger partial charge in [-0.3, -0.25) is 4.90 Å². The van der Waals surface area contributed by atoms with E-state index in [0.29, 0.717) is 6.10 Å². The van der Waals surface area contributed by atoms with Gasteiger partial charge in [-0.25, -0.2) is 0 Å². The molecule has 1 saturated heterocycles. The summed E-state index contributed by atoms with van der Waals surface area (Å²) < 4.78 is 5.65. The van der Waals surface area contributed by atoms with E-state index in [9.17, 15) is 0 Å². The van der Waals surface area contributed by atoms with Crippen molar-refractivity contribution in [1.29, 1.82) is 0 Å². The molecule has 2 aliphatic heterocycles. The van der Waals surface area contributed by atoms with Crippen molar-refractivity contribution in [2.45, 2.75) is 12.5 Å². The Morgan fingerprint density at radius 3 is 3.15 bits per heavy atom. The normalized spacial score (nSPS) is 30.6. The third-order valence-corrected chi connectivity index (χ3v) is 2.61. The largest absolute Gasteiger partial charge is 0.374 e. The molecule has 0 aromatic rings. The van der Waals surface area contributed by atoms with Gasteiger partial charge in [-0.05, 0) is 6.42 Å². The van der Waals surface area contributed by atoms with Gasteiger partial charge in [0.25, 0.3) is 0 Å². The summed E-state index contributed by atoms with van der Waals surface area (Å²) in [5.41, 5.74) is 0. The third-order valence-electron chi connectivity index (χ3n) is 2.61. The summed E-state index contributed by atoms with van der Waals surface area (Å²) in [7, 11) is 0. The van der Waals surface area contributed by atoms with Gasteiger partial charge in [-0.15, -0.1) is 0 Å². The van der Waals surface area contributed by atoms with E-state index in [2.05, 4.69) is 22.4 Å². The van der Waals surface area contributed by atoms with Crippen LogP contribution in [0.5, 0.6) is 0 Å². The molecule has 0 saturated carbocycles. The van der Waals surface area contributed by atoms with Gasteiger partial charge in [0.1, 0.15) is 0 Å². The maximum Gasteiger partial charge on any atom is 0.0826 e. The van der Waals surface area contributed by atoms with E-state index in [4.69, 9.17) is 4.74 Å². The summed E-state index contributed by atoms with van der Waals surface area (Å²) in [5.74, 6) is 0. The average Bonchev–Trinajstić information content (AvgIpc) is 2.21. The molecule has 0 radical (unpaired) electrons. The van der Waals surface area contributed by atoms with Crippen LogP contribution in [0.3, 0.4) is 0 Å². The Morgan fingerprint density at radius 2 is 2.46 bits per heavy atom. The molecule has 1 fully saturated rings. The van der Waals surface area contributed by atoms with E-state index in [1.54, 1.807) is 0 Å². The highest BCUT2D eigenvalue weighted by Crippen LogP contribution is 2.05. The number of nitrogens with one attached hydrogen (secondary N) is 1. The second-order valence-corrected chi connectivity index (χ2v) is 3.72. The summed E-state index contributed by atoms with van der Waals surface area (Å²) in [6.45, 7) is 6.26. The van der Waals surface area contributed by atoms with Crippen molar-refractivity contribution in [2.24, 2.45) is 0 Å². The zero-order valence-electron chi connectivity index (χ0n) is 8.04. The van der Waals surface area contributed by atoms with Gasteiger partial charge >= 0.3 is 0 Å². The van der Waals surface area contributed by atoms with E-state index in [-0.39, 0.29) is 0 Å². The standard InChI is InChI=1S/C10H18N2O/c1-2-5-12(6-3-1)9-10-8-11-4-7-13-10/h1-2,10-11H,3-9H2. The van der Waals surface area contributed by atoms with Crippen molar-refractivity contribution in [3.05, 3.63) is 12.2 Å². The van der Waals surface area contributed by atoms with Crippen LogP contribution in [0.25, 0.3) is 0 Å². The van der Waals surface area contributed by atoms with Crippen molar-refractivity contribution < 1.29 is 4.74 Å². The molecule has 3 nitrogen and oxygen atoms in total. The number of hydrogen-bond acceptors (Lipinski definition) is 3. The quantitative estimate of drug-likeness (QED) is 0.619. The Labute approximate surface area is 79.7 Å². The Morgan fingerprint density at radius 1 is 1.46 bits per heavy atom. The predicted molar refractivity (Wildman–Crippen MR) is 52.8 cm³/mol. The first kappa shape index (κ1) is 9.19. The molecule has 1 atom stereocenters. The zero-order chi connectivity index (χ0) is 8.93.